The lowest BCUT2D eigenvalue weighted by Crippen LogP contribution is -2.35. The molecule has 1 aromatic carbocycles. The van der Waals surface area contributed by atoms with Crippen molar-refractivity contribution in [2.45, 2.75) is 26.9 Å². The zero-order valence-electron chi connectivity index (χ0n) is 17.5. The van der Waals surface area contributed by atoms with Crippen LogP contribution >= 0.6 is 0 Å². The number of carbonyl (C=O) groups excluding carboxylic acids is 2. The van der Waals surface area contributed by atoms with Crippen LogP contribution in [0.4, 0.5) is 5.82 Å². The highest BCUT2D eigenvalue weighted by Crippen LogP contribution is 2.29. The van der Waals surface area contributed by atoms with Crippen molar-refractivity contribution in [2.24, 2.45) is 0 Å². The average molecular weight is 411 g/mol. The molecule has 158 valence electrons. The van der Waals surface area contributed by atoms with Crippen molar-refractivity contribution in [1.82, 2.24) is 9.38 Å². The van der Waals surface area contributed by atoms with Gasteiger partial charge in [-0.1, -0.05) is 25.1 Å². The Morgan fingerprint density at radius 2 is 1.83 bits per heavy atom. The molecule has 0 fully saturated rings. The lowest BCUT2D eigenvalue weighted by Gasteiger charge is -2.17. The van der Waals surface area contributed by atoms with E-state index in [-0.39, 0.29) is 6.61 Å². The Bertz CT molecular complexity index is 1060. The number of imidazole rings is 1. The first-order chi connectivity index (χ1) is 14.5. The van der Waals surface area contributed by atoms with Crippen LogP contribution in [-0.2, 0) is 27.4 Å². The van der Waals surface area contributed by atoms with E-state index in [1.165, 1.54) is 11.9 Å². The van der Waals surface area contributed by atoms with Gasteiger partial charge < -0.3 is 14.2 Å². The standard InChI is InChI=1S/C22H25N3O5/c1-5-16-20(24(3)21(26)22(27)29-6-2)25-13-9-12-18(19(25)23-16)30-14-15-10-7-8-11-17(15)28-4/h7-13H,5-6,14H2,1-4H3. The number of amides is 1. The molecule has 0 spiro atoms. The Hall–Kier alpha value is -3.55. The minimum atomic E-state index is -0.902. The maximum Gasteiger partial charge on any atom is 0.397 e. The minimum Gasteiger partial charge on any atom is -0.496 e. The van der Waals surface area contributed by atoms with Gasteiger partial charge in [0, 0.05) is 18.8 Å². The largest absolute Gasteiger partial charge is 0.496 e. The number of para-hydroxylation sites is 1. The maximum absolute atomic E-state index is 12.5. The molecule has 8 heteroatoms. The summed E-state index contributed by atoms with van der Waals surface area (Å²) in [4.78, 5) is 30.3. The second-order valence-corrected chi connectivity index (χ2v) is 6.49. The Labute approximate surface area is 175 Å². The van der Waals surface area contributed by atoms with Gasteiger partial charge in [-0.3, -0.25) is 14.1 Å². The van der Waals surface area contributed by atoms with Crippen molar-refractivity contribution in [1.29, 1.82) is 0 Å². The monoisotopic (exact) mass is 411 g/mol. The second-order valence-electron chi connectivity index (χ2n) is 6.49. The van der Waals surface area contributed by atoms with Crippen LogP contribution in [0, 0.1) is 0 Å². The molecule has 0 aliphatic rings. The highest BCUT2D eigenvalue weighted by Gasteiger charge is 2.27. The molecule has 30 heavy (non-hydrogen) atoms. The molecular weight excluding hydrogens is 386 g/mol. The van der Waals surface area contributed by atoms with Crippen molar-refractivity contribution in [3.8, 4) is 11.5 Å². The van der Waals surface area contributed by atoms with Crippen molar-refractivity contribution in [2.75, 3.05) is 25.7 Å². The molecule has 0 unspecified atom stereocenters. The lowest BCUT2D eigenvalue weighted by atomic mass is 10.2. The minimum absolute atomic E-state index is 0.132. The number of ether oxygens (including phenoxy) is 3. The summed E-state index contributed by atoms with van der Waals surface area (Å²) in [6.45, 7) is 4.02. The van der Waals surface area contributed by atoms with Crippen molar-refractivity contribution in [3.05, 3.63) is 53.9 Å². The summed E-state index contributed by atoms with van der Waals surface area (Å²) >= 11 is 0. The van der Waals surface area contributed by atoms with Crippen LogP contribution in [0.15, 0.2) is 42.6 Å². The van der Waals surface area contributed by atoms with Gasteiger partial charge in [0.2, 0.25) is 0 Å². The Morgan fingerprint density at radius 3 is 2.53 bits per heavy atom. The van der Waals surface area contributed by atoms with Crippen LogP contribution < -0.4 is 14.4 Å². The van der Waals surface area contributed by atoms with Gasteiger partial charge in [-0.2, -0.15) is 0 Å². The normalized spacial score (nSPS) is 10.7. The van der Waals surface area contributed by atoms with Crippen LogP contribution in [0.2, 0.25) is 0 Å². The summed E-state index contributed by atoms with van der Waals surface area (Å²) in [5.74, 6) is 0.145. The maximum atomic E-state index is 12.5. The van der Waals surface area contributed by atoms with Crippen LogP contribution in [-0.4, -0.2) is 42.0 Å². The fourth-order valence-corrected chi connectivity index (χ4v) is 3.19. The first-order valence-electron chi connectivity index (χ1n) is 9.71. The zero-order valence-corrected chi connectivity index (χ0v) is 17.5. The quantitative estimate of drug-likeness (QED) is 0.439. The lowest BCUT2D eigenvalue weighted by molar-refractivity contribution is -0.153. The Balaban J connectivity index is 1.96. The predicted octanol–water partition coefficient (Wildman–Crippen LogP) is 3.01. The number of pyridine rings is 1. The van der Waals surface area contributed by atoms with E-state index in [0.717, 1.165) is 11.3 Å². The molecule has 0 aliphatic carbocycles. The Kier molecular flexibility index (Phi) is 6.56. The van der Waals surface area contributed by atoms with Gasteiger partial charge in [-0.15, -0.1) is 0 Å². The van der Waals surface area contributed by atoms with E-state index >= 15 is 0 Å². The van der Waals surface area contributed by atoms with Gasteiger partial charge in [0.05, 0.1) is 19.4 Å². The number of methoxy groups -OCH3 is 1. The summed E-state index contributed by atoms with van der Waals surface area (Å²) < 4.78 is 18.0. The van der Waals surface area contributed by atoms with E-state index in [4.69, 9.17) is 14.2 Å². The summed E-state index contributed by atoms with van der Waals surface area (Å²) in [7, 11) is 3.15. The summed E-state index contributed by atoms with van der Waals surface area (Å²) in [6.07, 6.45) is 2.35. The highest BCUT2D eigenvalue weighted by molar-refractivity contribution is 6.37. The number of hydrogen-bond acceptors (Lipinski definition) is 6. The van der Waals surface area contributed by atoms with Gasteiger partial charge in [-0.05, 0) is 31.5 Å². The molecule has 3 rings (SSSR count). The molecule has 0 atom stereocenters. The highest BCUT2D eigenvalue weighted by atomic mass is 16.5. The summed E-state index contributed by atoms with van der Waals surface area (Å²) in [6, 6.07) is 11.2. The molecule has 0 aliphatic heterocycles. The molecule has 0 bridgehead atoms. The van der Waals surface area contributed by atoms with Gasteiger partial charge in [0.25, 0.3) is 0 Å². The molecule has 2 heterocycles. The smallest absolute Gasteiger partial charge is 0.397 e. The number of carbonyl (C=O) groups is 2. The van der Waals surface area contributed by atoms with E-state index in [1.54, 1.807) is 30.7 Å². The number of benzene rings is 1. The molecule has 1 amide bonds. The fraction of sp³-hybridized carbons (Fsp3) is 0.318. The Morgan fingerprint density at radius 1 is 1.10 bits per heavy atom. The number of likely N-dealkylation sites (N-methyl/N-ethyl adjacent to an activating group) is 1. The van der Waals surface area contributed by atoms with Crippen molar-refractivity contribution < 1.29 is 23.8 Å². The fourth-order valence-electron chi connectivity index (χ4n) is 3.19. The molecule has 3 aromatic rings. The topological polar surface area (TPSA) is 82.4 Å². The second kappa shape index (κ2) is 9.30. The van der Waals surface area contributed by atoms with E-state index in [0.29, 0.717) is 35.9 Å². The summed E-state index contributed by atoms with van der Waals surface area (Å²) in [5.41, 5.74) is 2.13. The number of nitrogens with zero attached hydrogens (tertiary/aromatic N) is 3. The molecule has 0 N–H and O–H groups in total. The van der Waals surface area contributed by atoms with Crippen LogP contribution in [0.5, 0.6) is 11.5 Å². The summed E-state index contributed by atoms with van der Waals surface area (Å²) in [5, 5.41) is 0. The SMILES string of the molecule is CCOC(=O)C(=O)N(C)c1c(CC)nc2c(OCc3ccccc3OC)cccn12. The third-order valence-corrected chi connectivity index (χ3v) is 4.64. The first kappa shape index (κ1) is 21.2. The molecule has 0 saturated carbocycles. The van der Waals surface area contributed by atoms with Gasteiger partial charge in [0.15, 0.2) is 11.4 Å². The van der Waals surface area contributed by atoms with Crippen LogP contribution in [0.25, 0.3) is 5.65 Å². The van der Waals surface area contributed by atoms with Crippen molar-refractivity contribution >= 4 is 23.3 Å². The van der Waals surface area contributed by atoms with Crippen molar-refractivity contribution in [3.63, 3.8) is 0 Å². The molecular formula is C22H25N3O5. The van der Waals surface area contributed by atoms with Crippen LogP contribution in [0.3, 0.4) is 0 Å². The van der Waals surface area contributed by atoms with Gasteiger partial charge in [-0.25, -0.2) is 9.78 Å². The third kappa shape index (κ3) is 4.07. The number of rotatable bonds is 7. The molecule has 8 nitrogen and oxygen atoms in total. The number of fused-ring (bicyclic) bond motifs is 1. The number of aromatic nitrogens is 2. The van der Waals surface area contributed by atoms with E-state index in [9.17, 15) is 9.59 Å². The van der Waals surface area contributed by atoms with Gasteiger partial charge in [0.1, 0.15) is 18.2 Å². The first-order valence-corrected chi connectivity index (χ1v) is 9.71. The number of anilines is 1. The third-order valence-electron chi connectivity index (χ3n) is 4.64. The van der Waals surface area contributed by atoms with E-state index < -0.39 is 11.9 Å². The zero-order chi connectivity index (χ0) is 21.7. The predicted molar refractivity (Wildman–Crippen MR) is 112 cm³/mol. The molecule has 2 aromatic heterocycles. The average Bonchev–Trinajstić information content (AvgIpc) is 3.16. The van der Waals surface area contributed by atoms with Gasteiger partial charge >= 0.3 is 11.9 Å². The molecule has 0 saturated heterocycles. The number of esters is 1. The van der Waals surface area contributed by atoms with E-state index in [2.05, 4.69) is 4.98 Å². The molecule has 0 radical (unpaired) electrons. The van der Waals surface area contributed by atoms with E-state index in [1.807, 2.05) is 37.3 Å². The number of hydrogen-bond donors (Lipinski definition) is 0. The van der Waals surface area contributed by atoms with Crippen LogP contribution in [0.1, 0.15) is 25.1 Å². The number of aryl methyl sites for hydroxylation is 1.